The first-order chi connectivity index (χ1) is 10.9. The van der Waals surface area contributed by atoms with E-state index in [1.54, 1.807) is 36.5 Å². The van der Waals surface area contributed by atoms with Gasteiger partial charge >= 0.3 is 0 Å². The van der Waals surface area contributed by atoms with Gasteiger partial charge in [-0.1, -0.05) is 6.07 Å². The zero-order chi connectivity index (χ0) is 16.6. The first-order valence-electron chi connectivity index (χ1n) is 6.89. The zero-order valence-electron chi connectivity index (χ0n) is 12.6. The second-order valence-corrected chi connectivity index (χ2v) is 8.43. The highest BCUT2D eigenvalue weighted by atomic mass is 32.2. The normalized spacial score (nSPS) is 11.6. The van der Waals surface area contributed by atoms with Crippen LogP contribution in [0.5, 0.6) is 0 Å². The molecular formula is C16H15N3O2S2. The van der Waals surface area contributed by atoms with Gasteiger partial charge in [0.15, 0.2) is 0 Å². The minimum absolute atomic E-state index is 0.162. The maximum absolute atomic E-state index is 12.8. The average molecular weight is 345 g/mol. The fourth-order valence-corrected chi connectivity index (χ4v) is 4.87. The topological polar surface area (TPSA) is 85.9 Å². The molecule has 0 radical (unpaired) electrons. The van der Waals surface area contributed by atoms with Crippen molar-refractivity contribution in [1.29, 1.82) is 0 Å². The van der Waals surface area contributed by atoms with Crippen molar-refractivity contribution in [2.24, 2.45) is 0 Å². The molecule has 2 aromatic heterocycles. The molecule has 0 bridgehead atoms. The van der Waals surface area contributed by atoms with Crippen molar-refractivity contribution in [3.05, 3.63) is 53.7 Å². The molecule has 0 saturated carbocycles. The summed E-state index contributed by atoms with van der Waals surface area (Å²) in [6.45, 7) is 3.85. The van der Waals surface area contributed by atoms with Crippen molar-refractivity contribution in [2.75, 3.05) is 5.73 Å². The van der Waals surface area contributed by atoms with Gasteiger partial charge in [0.1, 0.15) is 4.21 Å². The van der Waals surface area contributed by atoms with E-state index in [0.717, 1.165) is 16.0 Å². The van der Waals surface area contributed by atoms with Crippen LogP contribution in [-0.2, 0) is 9.84 Å². The smallest absolute Gasteiger partial charge is 0.220 e. The minimum Gasteiger partial charge on any atom is -0.368 e. The Hall–Kier alpha value is -2.25. The number of aryl methyl sites for hydroxylation is 2. The van der Waals surface area contributed by atoms with Crippen LogP contribution >= 0.6 is 11.3 Å². The highest BCUT2D eigenvalue weighted by molar-refractivity contribution is 7.93. The summed E-state index contributed by atoms with van der Waals surface area (Å²) in [5.41, 5.74) is 8.20. The fraction of sp³-hybridized carbons (Fsp3) is 0.125. The first kappa shape index (κ1) is 15.6. The lowest BCUT2D eigenvalue weighted by Gasteiger charge is -2.05. The number of sulfone groups is 1. The molecule has 3 rings (SSSR count). The summed E-state index contributed by atoms with van der Waals surface area (Å²) in [5.74, 6) is 0.162. The first-order valence-corrected chi connectivity index (χ1v) is 9.19. The summed E-state index contributed by atoms with van der Waals surface area (Å²) in [6.07, 6.45) is 1.55. The third-order valence-corrected chi connectivity index (χ3v) is 6.91. The van der Waals surface area contributed by atoms with Gasteiger partial charge < -0.3 is 5.73 Å². The van der Waals surface area contributed by atoms with Crippen molar-refractivity contribution in [1.82, 2.24) is 9.97 Å². The summed E-state index contributed by atoms with van der Waals surface area (Å²) in [5, 5.41) is 0. The standard InChI is InChI=1S/C16H15N3O2S2/c1-10-3-4-12(9-11(10)2)23(20,21)15-6-5-14(22-15)13-7-8-18-16(17)19-13/h3-9H,1-2H3,(H2,17,18,19). The Labute approximate surface area is 138 Å². The molecule has 2 N–H and O–H groups in total. The molecule has 2 heterocycles. The van der Waals surface area contributed by atoms with E-state index in [-0.39, 0.29) is 10.2 Å². The van der Waals surface area contributed by atoms with Gasteiger partial charge in [0, 0.05) is 6.20 Å². The van der Waals surface area contributed by atoms with E-state index >= 15 is 0 Å². The van der Waals surface area contributed by atoms with Crippen LogP contribution in [0.15, 0.2) is 51.7 Å². The lowest BCUT2D eigenvalue weighted by Crippen LogP contribution is -2.00. The van der Waals surface area contributed by atoms with E-state index in [1.807, 2.05) is 19.9 Å². The van der Waals surface area contributed by atoms with Gasteiger partial charge in [0.25, 0.3) is 0 Å². The molecule has 0 amide bonds. The predicted octanol–water partition coefficient (Wildman–Crippen LogP) is 3.24. The molecule has 0 aliphatic rings. The van der Waals surface area contributed by atoms with Gasteiger partial charge in [-0.05, 0) is 55.3 Å². The van der Waals surface area contributed by atoms with Crippen LogP contribution in [0.2, 0.25) is 0 Å². The number of rotatable bonds is 3. The van der Waals surface area contributed by atoms with Crippen LogP contribution in [0, 0.1) is 13.8 Å². The summed E-state index contributed by atoms with van der Waals surface area (Å²) < 4.78 is 25.8. The molecule has 3 aromatic rings. The third-order valence-electron chi connectivity index (χ3n) is 3.56. The highest BCUT2D eigenvalue weighted by Gasteiger charge is 2.21. The number of thiophene rings is 1. The van der Waals surface area contributed by atoms with Crippen molar-refractivity contribution >= 4 is 27.1 Å². The van der Waals surface area contributed by atoms with Crippen LogP contribution in [0.1, 0.15) is 11.1 Å². The zero-order valence-corrected chi connectivity index (χ0v) is 14.3. The van der Waals surface area contributed by atoms with Crippen molar-refractivity contribution in [3.8, 4) is 10.6 Å². The van der Waals surface area contributed by atoms with E-state index in [4.69, 9.17) is 5.73 Å². The van der Waals surface area contributed by atoms with Crippen LogP contribution in [0.4, 0.5) is 5.95 Å². The van der Waals surface area contributed by atoms with E-state index in [1.165, 1.54) is 11.3 Å². The van der Waals surface area contributed by atoms with Gasteiger partial charge in [-0.3, -0.25) is 0 Å². The van der Waals surface area contributed by atoms with Gasteiger partial charge in [-0.15, -0.1) is 11.3 Å². The van der Waals surface area contributed by atoms with Gasteiger partial charge in [0.2, 0.25) is 15.8 Å². The molecule has 0 fully saturated rings. The average Bonchev–Trinajstić information content (AvgIpc) is 3.00. The molecule has 0 atom stereocenters. The molecule has 1 aromatic carbocycles. The SMILES string of the molecule is Cc1ccc(S(=O)(=O)c2ccc(-c3ccnc(N)n3)s2)cc1C. The molecule has 0 saturated heterocycles. The van der Waals surface area contributed by atoms with Crippen LogP contribution in [-0.4, -0.2) is 18.4 Å². The second-order valence-electron chi connectivity index (χ2n) is 5.17. The van der Waals surface area contributed by atoms with Crippen molar-refractivity contribution in [2.45, 2.75) is 23.0 Å². The number of benzene rings is 1. The Bertz CT molecular complexity index is 978. The molecular weight excluding hydrogens is 330 g/mol. The predicted molar refractivity (Wildman–Crippen MR) is 91.1 cm³/mol. The number of nitrogen functional groups attached to an aromatic ring is 1. The molecule has 118 valence electrons. The summed E-state index contributed by atoms with van der Waals surface area (Å²) in [7, 11) is -3.53. The third kappa shape index (κ3) is 2.97. The van der Waals surface area contributed by atoms with Crippen molar-refractivity contribution in [3.63, 3.8) is 0 Å². The maximum atomic E-state index is 12.8. The van der Waals surface area contributed by atoms with E-state index in [0.29, 0.717) is 10.6 Å². The van der Waals surface area contributed by atoms with Crippen LogP contribution in [0.3, 0.4) is 0 Å². The summed E-state index contributed by atoms with van der Waals surface area (Å²) in [6, 6.07) is 10.2. The van der Waals surface area contributed by atoms with Crippen molar-refractivity contribution < 1.29 is 8.42 Å². The number of aromatic nitrogens is 2. The number of hydrogen-bond acceptors (Lipinski definition) is 6. The molecule has 0 spiro atoms. The number of anilines is 1. The second kappa shape index (κ2) is 5.75. The van der Waals surface area contributed by atoms with E-state index < -0.39 is 9.84 Å². The largest absolute Gasteiger partial charge is 0.368 e. The lowest BCUT2D eigenvalue weighted by atomic mass is 10.1. The number of nitrogens with two attached hydrogens (primary N) is 1. The monoisotopic (exact) mass is 345 g/mol. The minimum atomic E-state index is -3.53. The van der Waals surface area contributed by atoms with Crippen LogP contribution in [0.25, 0.3) is 10.6 Å². The highest BCUT2D eigenvalue weighted by Crippen LogP contribution is 2.33. The molecule has 5 nitrogen and oxygen atoms in total. The molecule has 0 aliphatic heterocycles. The summed E-state index contributed by atoms with van der Waals surface area (Å²) >= 11 is 1.17. The Morgan fingerprint density at radius 1 is 1.04 bits per heavy atom. The van der Waals surface area contributed by atoms with E-state index in [9.17, 15) is 8.42 Å². The van der Waals surface area contributed by atoms with Gasteiger partial charge in [-0.2, -0.15) is 0 Å². The Morgan fingerprint density at radius 3 is 2.52 bits per heavy atom. The quantitative estimate of drug-likeness (QED) is 0.787. The maximum Gasteiger partial charge on any atom is 0.220 e. The molecule has 0 aliphatic carbocycles. The molecule has 0 unspecified atom stereocenters. The van der Waals surface area contributed by atoms with Gasteiger partial charge in [0.05, 0.1) is 15.5 Å². The van der Waals surface area contributed by atoms with Crippen LogP contribution < -0.4 is 5.73 Å². The van der Waals surface area contributed by atoms with Gasteiger partial charge in [-0.25, -0.2) is 18.4 Å². The Morgan fingerprint density at radius 2 is 1.83 bits per heavy atom. The lowest BCUT2D eigenvalue weighted by molar-refractivity contribution is 0.598. The fourth-order valence-electron chi connectivity index (χ4n) is 2.11. The van der Waals surface area contributed by atoms with E-state index in [2.05, 4.69) is 9.97 Å². The summed E-state index contributed by atoms with van der Waals surface area (Å²) in [4.78, 5) is 9.00. The Balaban J connectivity index is 2.03. The number of hydrogen-bond donors (Lipinski definition) is 1. The molecule has 7 heteroatoms. The number of nitrogens with zero attached hydrogens (tertiary/aromatic N) is 2. The Kier molecular flexibility index (Phi) is 3.91. The molecule has 23 heavy (non-hydrogen) atoms.